The van der Waals surface area contributed by atoms with Crippen LogP contribution in [0, 0.1) is 5.92 Å². The molecule has 18 heavy (non-hydrogen) atoms. The zero-order chi connectivity index (χ0) is 13.9. The van der Waals surface area contributed by atoms with Gasteiger partial charge in [-0.05, 0) is 40.0 Å². The molecule has 0 radical (unpaired) electrons. The van der Waals surface area contributed by atoms with E-state index in [-0.39, 0.29) is 6.42 Å². The van der Waals surface area contributed by atoms with E-state index in [0.29, 0.717) is 12.8 Å². The Morgan fingerprint density at radius 1 is 1.33 bits per heavy atom. The molecule has 0 aliphatic heterocycles. The highest BCUT2D eigenvalue weighted by Crippen LogP contribution is 2.26. The molecule has 1 saturated carbocycles. The first-order chi connectivity index (χ1) is 8.19. The van der Waals surface area contributed by atoms with Gasteiger partial charge in [-0.3, -0.25) is 4.79 Å². The van der Waals surface area contributed by atoms with Crippen molar-refractivity contribution in [1.82, 2.24) is 5.32 Å². The van der Waals surface area contributed by atoms with E-state index in [0.717, 1.165) is 0 Å². The van der Waals surface area contributed by atoms with Crippen molar-refractivity contribution >= 4 is 12.0 Å². The molecule has 0 spiro atoms. The van der Waals surface area contributed by atoms with Crippen LogP contribution in [0.3, 0.4) is 0 Å². The van der Waals surface area contributed by atoms with Gasteiger partial charge in [-0.2, -0.15) is 0 Å². The van der Waals surface area contributed by atoms with Gasteiger partial charge in [-0.1, -0.05) is 0 Å². The van der Waals surface area contributed by atoms with Gasteiger partial charge in [-0.15, -0.1) is 0 Å². The third-order valence-corrected chi connectivity index (χ3v) is 2.88. The summed E-state index contributed by atoms with van der Waals surface area (Å²) in [6, 6.07) is -0.601. The van der Waals surface area contributed by atoms with Crippen LogP contribution in [0.15, 0.2) is 0 Å². The second-order valence-corrected chi connectivity index (χ2v) is 5.68. The third kappa shape index (κ3) is 4.50. The number of rotatable bonds is 2. The van der Waals surface area contributed by atoms with Gasteiger partial charge >= 0.3 is 6.09 Å². The van der Waals surface area contributed by atoms with Gasteiger partial charge in [0.05, 0.1) is 6.04 Å². The van der Waals surface area contributed by atoms with E-state index in [1.807, 2.05) is 0 Å². The molecule has 0 aromatic rings. The van der Waals surface area contributed by atoms with Crippen LogP contribution in [0.5, 0.6) is 0 Å². The molecule has 0 heterocycles. The van der Waals surface area contributed by atoms with Gasteiger partial charge in [0, 0.05) is 5.92 Å². The predicted molar refractivity (Wildman–Crippen MR) is 64.6 cm³/mol. The zero-order valence-corrected chi connectivity index (χ0v) is 11.0. The van der Waals surface area contributed by atoms with Crippen molar-refractivity contribution < 1.29 is 18.7 Å². The van der Waals surface area contributed by atoms with E-state index in [9.17, 15) is 14.0 Å². The average molecular weight is 260 g/mol. The van der Waals surface area contributed by atoms with Gasteiger partial charge in [0.25, 0.3) is 0 Å². The number of carbonyl (C=O) groups is 2. The molecule has 0 aromatic carbocycles. The Morgan fingerprint density at radius 2 is 1.94 bits per heavy atom. The normalized spacial score (nSPS) is 28.6. The van der Waals surface area contributed by atoms with Gasteiger partial charge in [0.1, 0.15) is 11.8 Å². The maximum Gasteiger partial charge on any atom is 0.407 e. The van der Waals surface area contributed by atoms with Crippen molar-refractivity contribution in [2.75, 3.05) is 0 Å². The molecule has 3 atom stereocenters. The van der Waals surface area contributed by atoms with E-state index in [1.54, 1.807) is 20.8 Å². The quantitative estimate of drug-likeness (QED) is 0.789. The fourth-order valence-electron chi connectivity index (χ4n) is 2.00. The van der Waals surface area contributed by atoms with E-state index < -0.39 is 35.7 Å². The molecule has 1 aliphatic rings. The lowest BCUT2D eigenvalue weighted by molar-refractivity contribution is -0.123. The van der Waals surface area contributed by atoms with Crippen molar-refractivity contribution in [2.24, 2.45) is 11.7 Å². The van der Waals surface area contributed by atoms with E-state index in [2.05, 4.69) is 5.32 Å². The highest BCUT2D eigenvalue weighted by Gasteiger charge is 2.34. The number of hydrogen-bond acceptors (Lipinski definition) is 3. The summed E-state index contributed by atoms with van der Waals surface area (Å²) in [6.07, 6.45) is -0.934. The number of nitrogens with one attached hydrogen (secondary N) is 1. The Morgan fingerprint density at radius 3 is 2.39 bits per heavy atom. The van der Waals surface area contributed by atoms with Crippen LogP contribution in [-0.2, 0) is 9.53 Å². The number of ether oxygens (including phenoxy) is 1. The highest BCUT2D eigenvalue weighted by atomic mass is 19.1. The number of halogens is 1. The molecule has 0 bridgehead atoms. The van der Waals surface area contributed by atoms with Crippen LogP contribution in [0.4, 0.5) is 9.18 Å². The van der Waals surface area contributed by atoms with Crippen LogP contribution in [0.1, 0.15) is 40.0 Å². The predicted octanol–water partition coefficient (Wildman–Crippen LogP) is 1.50. The first-order valence-corrected chi connectivity index (χ1v) is 6.12. The van der Waals surface area contributed by atoms with Crippen molar-refractivity contribution in [3.05, 3.63) is 0 Å². The van der Waals surface area contributed by atoms with Gasteiger partial charge in [-0.25, -0.2) is 9.18 Å². The number of amides is 2. The van der Waals surface area contributed by atoms with Crippen molar-refractivity contribution in [1.29, 1.82) is 0 Å². The number of primary amides is 1. The summed E-state index contributed by atoms with van der Waals surface area (Å²) < 4.78 is 18.8. The maximum atomic E-state index is 13.8. The Kier molecular flexibility index (Phi) is 4.53. The number of alkyl halides is 1. The number of alkyl carbamates (subject to hydrolysis) is 1. The molecule has 0 aromatic heterocycles. The molecule has 3 N–H and O–H groups in total. The first-order valence-electron chi connectivity index (χ1n) is 6.12. The molecule has 2 amide bonds. The Hall–Kier alpha value is -1.33. The van der Waals surface area contributed by atoms with Gasteiger partial charge in [0.2, 0.25) is 5.91 Å². The van der Waals surface area contributed by atoms with Crippen molar-refractivity contribution in [3.63, 3.8) is 0 Å². The molecule has 6 heteroatoms. The van der Waals surface area contributed by atoms with Gasteiger partial charge < -0.3 is 15.8 Å². The Balaban J connectivity index is 2.45. The molecule has 1 fully saturated rings. The summed E-state index contributed by atoms with van der Waals surface area (Å²) in [6.45, 7) is 5.22. The van der Waals surface area contributed by atoms with Crippen molar-refractivity contribution in [3.8, 4) is 0 Å². The molecule has 1 aliphatic carbocycles. The molecule has 1 rings (SSSR count). The lowest BCUT2D eigenvalue weighted by Crippen LogP contribution is -2.48. The second-order valence-electron chi connectivity index (χ2n) is 5.68. The van der Waals surface area contributed by atoms with Crippen LogP contribution in [-0.4, -0.2) is 29.8 Å². The lowest BCUT2D eigenvalue weighted by Gasteiger charge is -2.31. The SMILES string of the molecule is CC(C)(C)OC(=O)N[C@@H]1CC[C@@H](C(N)=O)C[C@H]1F. The number of hydrogen-bond donors (Lipinski definition) is 2. The summed E-state index contributed by atoms with van der Waals surface area (Å²) in [5.41, 5.74) is 4.53. The van der Waals surface area contributed by atoms with Gasteiger partial charge in [0.15, 0.2) is 0 Å². The highest BCUT2D eigenvalue weighted by molar-refractivity contribution is 5.76. The fourth-order valence-corrected chi connectivity index (χ4v) is 2.00. The Labute approximate surface area is 106 Å². The molecule has 5 nitrogen and oxygen atoms in total. The molecular weight excluding hydrogens is 239 g/mol. The average Bonchev–Trinajstić information content (AvgIpc) is 2.17. The third-order valence-electron chi connectivity index (χ3n) is 2.88. The Bertz CT molecular complexity index is 328. The second kappa shape index (κ2) is 5.54. The van der Waals surface area contributed by atoms with Crippen LogP contribution >= 0.6 is 0 Å². The van der Waals surface area contributed by atoms with Crippen molar-refractivity contribution in [2.45, 2.75) is 57.8 Å². The van der Waals surface area contributed by atoms with E-state index in [1.165, 1.54) is 0 Å². The lowest BCUT2D eigenvalue weighted by atomic mass is 9.84. The summed E-state index contributed by atoms with van der Waals surface area (Å²) in [5.74, 6) is -0.912. The maximum absolute atomic E-state index is 13.8. The van der Waals surface area contributed by atoms with Crippen LogP contribution in [0.2, 0.25) is 0 Å². The fraction of sp³-hybridized carbons (Fsp3) is 0.833. The van der Waals surface area contributed by atoms with Crippen LogP contribution in [0.25, 0.3) is 0 Å². The standard InChI is InChI=1S/C12H21FN2O3/c1-12(2,3)18-11(17)15-9-5-4-7(10(14)16)6-8(9)13/h7-9H,4-6H2,1-3H3,(H2,14,16)(H,15,17)/t7-,8-,9-/m1/s1. The summed E-state index contributed by atoms with van der Waals surface area (Å²) in [5, 5.41) is 2.50. The monoisotopic (exact) mass is 260 g/mol. The molecule has 104 valence electrons. The summed E-state index contributed by atoms with van der Waals surface area (Å²) in [7, 11) is 0. The number of carbonyl (C=O) groups excluding carboxylic acids is 2. The minimum atomic E-state index is -1.26. The molecule has 0 unspecified atom stereocenters. The van der Waals surface area contributed by atoms with E-state index in [4.69, 9.17) is 10.5 Å². The minimum absolute atomic E-state index is 0.0653. The summed E-state index contributed by atoms with van der Waals surface area (Å²) >= 11 is 0. The van der Waals surface area contributed by atoms with E-state index >= 15 is 0 Å². The smallest absolute Gasteiger partial charge is 0.407 e. The number of nitrogens with two attached hydrogens (primary N) is 1. The molecular formula is C12H21FN2O3. The topological polar surface area (TPSA) is 81.4 Å². The summed E-state index contributed by atoms with van der Waals surface area (Å²) in [4.78, 5) is 22.5. The zero-order valence-electron chi connectivity index (χ0n) is 11.0. The van der Waals surface area contributed by atoms with Crippen LogP contribution < -0.4 is 11.1 Å². The largest absolute Gasteiger partial charge is 0.444 e. The first kappa shape index (κ1) is 14.7. The minimum Gasteiger partial charge on any atom is -0.444 e. The molecule has 0 saturated heterocycles.